The van der Waals surface area contributed by atoms with E-state index in [9.17, 15) is 13.2 Å². The average Bonchev–Trinajstić information content (AvgIpc) is 3.12. The highest BCUT2D eigenvalue weighted by Crippen LogP contribution is 2.31. The van der Waals surface area contributed by atoms with E-state index in [0.29, 0.717) is 24.4 Å². The Morgan fingerprint density at radius 3 is 2.42 bits per heavy atom. The van der Waals surface area contributed by atoms with Gasteiger partial charge in [-0.25, -0.2) is 8.42 Å². The summed E-state index contributed by atoms with van der Waals surface area (Å²) >= 11 is 6.23. The van der Waals surface area contributed by atoms with Crippen molar-refractivity contribution >= 4 is 55.2 Å². The molecular weight excluding hydrogens is 436 g/mol. The van der Waals surface area contributed by atoms with Crippen LogP contribution in [0.1, 0.15) is 24.2 Å². The van der Waals surface area contributed by atoms with E-state index in [-0.39, 0.29) is 15.5 Å². The topological polar surface area (TPSA) is 79.6 Å². The molecule has 1 aromatic heterocycles. The number of fused-ring (bicyclic) bond motifs is 3. The number of carbonyl (C=O) groups is 1. The van der Waals surface area contributed by atoms with Gasteiger partial charge in [0, 0.05) is 29.5 Å². The number of sulfonamides is 1. The van der Waals surface area contributed by atoms with Gasteiger partial charge in [0.2, 0.25) is 10.0 Å². The number of halogens is 1. The molecule has 0 aliphatic carbocycles. The van der Waals surface area contributed by atoms with Crippen LogP contribution in [0.2, 0.25) is 5.02 Å². The molecule has 0 bridgehead atoms. The standard InChI is InChI=1S/C23H21ClN2O4S/c1-3-26(4-2)31(28,29)16-10-11-20(24)19(14-16)23(27)25-15-9-12-22-18(13-15)17-7-5-6-8-21(17)30-22/h5-14H,3-4H2,1-2H3,(H,25,27). The maximum atomic E-state index is 12.9. The second-order valence-electron chi connectivity index (χ2n) is 6.99. The van der Waals surface area contributed by atoms with E-state index in [1.807, 2.05) is 30.3 Å². The normalized spacial score (nSPS) is 12.0. The molecule has 3 aromatic carbocycles. The summed E-state index contributed by atoms with van der Waals surface area (Å²) in [6.45, 7) is 4.20. The molecule has 6 nitrogen and oxygen atoms in total. The number of furan rings is 1. The van der Waals surface area contributed by atoms with Gasteiger partial charge in [0.05, 0.1) is 15.5 Å². The third-order valence-corrected chi connectivity index (χ3v) is 7.54. The zero-order chi connectivity index (χ0) is 22.2. The lowest BCUT2D eigenvalue weighted by molar-refractivity contribution is 0.102. The van der Waals surface area contributed by atoms with Crippen LogP contribution in [0.5, 0.6) is 0 Å². The Balaban J connectivity index is 1.68. The van der Waals surface area contributed by atoms with E-state index in [1.165, 1.54) is 22.5 Å². The third kappa shape index (κ3) is 3.92. The number of carbonyl (C=O) groups excluding carboxylic acids is 1. The SMILES string of the molecule is CCN(CC)S(=O)(=O)c1ccc(Cl)c(C(=O)Nc2ccc3oc4ccccc4c3c2)c1. The van der Waals surface area contributed by atoms with Crippen LogP contribution in [-0.2, 0) is 10.0 Å². The van der Waals surface area contributed by atoms with Gasteiger partial charge >= 0.3 is 0 Å². The van der Waals surface area contributed by atoms with Crippen LogP contribution in [0.25, 0.3) is 21.9 Å². The highest BCUT2D eigenvalue weighted by atomic mass is 35.5. The van der Waals surface area contributed by atoms with Crippen molar-refractivity contribution in [1.82, 2.24) is 4.31 Å². The molecule has 0 aliphatic heterocycles. The minimum Gasteiger partial charge on any atom is -0.456 e. The number of rotatable bonds is 6. The molecule has 4 aromatic rings. The molecule has 0 saturated carbocycles. The Labute approximate surface area is 185 Å². The maximum Gasteiger partial charge on any atom is 0.257 e. The monoisotopic (exact) mass is 456 g/mol. The quantitative estimate of drug-likeness (QED) is 0.414. The molecule has 1 heterocycles. The molecule has 0 saturated heterocycles. The lowest BCUT2D eigenvalue weighted by Gasteiger charge is -2.19. The van der Waals surface area contributed by atoms with Crippen LogP contribution in [0.3, 0.4) is 0 Å². The molecule has 0 aliphatic rings. The zero-order valence-corrected chi connectivity index (χ0v) is 18.6. The van der Waals surface area contributed by atoms with Crippen molar-refractivity contribution in [2.24, 2.45) is 0 Å². The minimum absolute atomic E-state index is 0.0297. The Kier molecular flexibility index (Phi) is 5.75. The van der Waals surface area contributed by atoms with Gasteiger partial charge in [-0.1, -0.05) is 43.6 Å². The van der Waals surface area contributed by atoms with Crippen LogP contribution >= 0.6 is 11.6 Å². The van der Waals surface area contributed by atoms with Crippen molar-refractivity contribution in [3.05, 3.63) is 71.2 Å². The van der Waals surface area contributed by atoms with Crippen LogP contribution < -0.4 is 5.32 Å². The van der Waals surface area contributed by atoms with E-state index in [1.54, 1.807) is 26.0 Å². The van der Waals surface area contributed by atoms with Crippen molar-refractivity contribution < 1.29 is 17.6 Å². The Morgan fingerprint density at radius 1 is 0.968 bits per heavy atom. The minimum atomic E-state index is -3.71. The van der Waals surface area contributed by atoms with Gasteiger partial charge in [-0.3, -0.25) is 4.79 Å². The summed E-state index contributed by atoms with van der Waals surface area (Å²) in [5.74, 6) is -0.492. The van der Waals surface area contributed by atoms with E-state index in [4.69, 9.17) is 16.0 Å². The number of anilines is 1. The molecule has 0 spiro atoms. The van der Waals surface area contributed by atoms with Crippen LogP contribution in [0, 0.1) is 0 Å². The van der Waals surface area contributed by atoms with E-state index in [0.717, 1.165) is 16.4 Å². The predicted octanol–water partition coefficient (Wildman–Crippen LogP) is 5.52. The summed E-state index contributed by atoms with van der Waals surface area (Å²) in [6, 6.07) is 17.1. The Bertz CT molecular complexity index is 1390. The summed E-state index contributed by atoms with van der Waals surface area (Å²) in [6.07, 6.45) is 0. The van der Waals surface area contributed by atoms with Crippen molar-refractivity contribution in [3.8, 4) is 0 Å². The Hall–Kier alpha value is -2.87. The van der Waals surface area contributed by atoms with Crippen molar-refractivity contribution in [2.45, 2.75) is 18.7 Å². The molecule has 0 fully saturated rings. The van der Waals surface area contributed by atoms with Crippen molar-refractivity contribution in [3.63, 3.8) is 0 Å². The molecule has 0 unspecified atom stereocenters. The molecule has 1 N–H and O–H groups in total. The molecular formula is C23H21ClN2O4S. The fraction of sp³-hybridized carbons (Fsp3) is 0.174. The number of amides is 1. The summed E-state index contributed by atoms with van der Waals surface area (Å²) < 4.78 is 32.8. The predicted molar refractivity (Wildman–Crippen MR) is 123 cm³/mol. The van der Waals surface area contributed by atoms with Gasteiger partial charge in [-0.2, -0.15) is 4.31 Å². The highest BCUT2D eigenvalue weighted by Gasteiger charge is 2.24. The fourth-order valence-corrected chi connectivity index (χ4v) is 5.24. The third-order valence-electron chi connectivity index (χ3n) is 5.16. The molecule has 8 heteroatoms. The van der Waals surface area contributed by atoms with Crippen LogP contribution in [0.4, 0.5) is 5.69 Å². The second-order valence-corrected chi connectivity index (χ2v) is 9.34. The first-order valence-electron chi connectivity index (χ1n) is 9.87. The van der Waals surface area contributed by atoms with E-state index in [2.05, 4.69) is 5.32 Å². The number of nitrogens with one attached hydrogen (secondary N) is 1. The van der Waals surface area contributed by atoms with Gasteiger partial charge in [-0.05, 0) is 42.5 Å². The summed E-state index contributed by atoms with van der Waals surface area (Å²) in [4.78, 5) is 13.0. The van der Waals surface area contributed by atoms with Crippen LogP contribution in [-0.4, -0.2) is 31.7 Å². The molecule has 160 valence electrons. The zero-order valence-electron chi connectivity index (χ0n) is 17.1. The number of hydrogen-bond acceptors (Lipinski definition) is 4. The number of nitrogens with zero attached hydrogens (tertiary/aromatic N) is 1. The lowest BCUT2D eigenvalue weighted by atomic mass is 10.1. The summed E-state index contributed by atoms with van der Waals surface area (Å²) in [5.41, 5.74) is 2.12. The van der Waals surface area contributed by atoms with Crippen molar-refractivity contribution in [1.29, 1.82) is 0 Å². The largest absolute Gasteiger partial charge is 0.456 e. The Morgan fingerprint density at radius 2 is 1.68 bits per heavy atom. The van der Waals surface area contributed by atoms with Crippen LogP contribution in [0.15, 0.2) is 70.0 Å². The molecule has 1 amide bonds. The first-order valence-corrected chi connectivity index (χ1v) is 11.7. The molecule has 0 atom stereocenters. The second kappa shape index (κ2) is 8.34. The maximum absolute atomic E-state index is 12.9. The first kappa shape index (κ1) is 21.4. The molecule has 0 radical (unpaired) electrons. The molecule has 4 rings (SSSR count). The van der Waals surface area contributed by atoms with E-state index >= 15 is 0 Å². The lowest BCUT2D eigenvalue weighted by Crippen LogP contribution is -2.30. The molecule has 31 heavy (non-hydrogen) atoms. The number of benzene rings is 3. The highest BCUT2D eigenvalue weighted by molar-refractivity contribution is 7.89. The van der Waals surface area contributed by atoms with Crippen molar-refractivity contribution in [2.75, 3.05) is 18.4 Å². The summed E-state index contributed by atoms with van der Waals surface area (Å²) in [7, 11) is -3.71. The van der Waals surface area contributed by atoms with E-state index < -0.39 is 15.9 Å². The van der Waals surface area contributed by atoms with Gasteiger partial charge in [0.15, 0.2) is 0 Å². The van der Waals surface area contributed by atoms with Gasteiger partial charge in [0.1, 0.15) is 11.2 Å². The first-order chi connectivity index (χ1) is 14.8. The average molecular weight is 457 g/mol. The number of para-hydroxylation sites is 1. The number of hydrogen-bond donors (Lipinski definition) is 1. The smallest absolute Gasteiger partial charge is 0.257 e. The summed E-state index contributed by atoms with van der Waals surface area (Å²) in [5, 5.41) is 4.80. The van der Waals surface area contributed by atoms with Gasteiger partial charge in [0.25, 0.3) is 5.91 Å². The van der Waals surface area contributed by atoms with Gasteiger partial charge in [-0.15, -0.1) is 0 Å². The van der Waals surface area contributed by atoms with Gasteiger partial charge < -0.3 is 9.73 Å². The fourth-order valence-electron chi connectivity index (χ4n) is 3.55.